The van der Waals surface area contributed by atoms with Crippen LogP contribution in [0.1, 0.15) is 39.1 Å². The summed E-state index contributed by atoms with van der Waals surface area (Å²) in [6, 6.07) is 8.47. The van der Waals surface area contributed by atoms with Gasteiger partial charge in [0.15, 0.2) is 0 Å². The minimum Gasteiger partial charge on any atom is -0.399 e. The van der Waals surface area contributed by atoms with Gasteiger partial charge >= 0.3 is 7.12 Å². The van der Waals surface area contributed by atoms with Crippen LogP contribution in [0.4, 0.5) is 0 Å². The molecular formula is C19H28BN3O2. The van der Waals surface area contributed by atoms with Gasteiger partial charge in [0.1, 0.15) is 5.82 Å². The van der Waals surface area contributed by atoms with Gasteiger partial charge in [-0.2, -0.15) is 0 Å². The standard InChI is InChI=1S/C19H28BN3O2/c1-18(2)19(3,4)25-20(24-18)16-9-7-15(8-10-16)13-23-12-11-21-17(23)14-22(5)6/h7-12H,13-14H2,1-6H3. The monoisotopic (exact) mass is 341 g/mol. The van der Waals surface area contributed by atoms with E-state index < -0.39 is 0 Å². The predicted molar refractivity (Wildman–Crippen MR) is 101 cm³/mol. The van der Waals surface area contributed by atoms with Gasteiger partial charge < -0.3 is 18.8 Å². The quantitative estimate of drug-likeness (QED) is 0.783. The Balaban J connectivity index is 1.71. The molecule has 0 spiro atoms. The molecule has 1 aromatic heterocycles. The molecule has 3 rings (SSSR count). The summed E-state index contributed by atoms with van der Waals surface area (Å²) in [7, 11) is 3.80. The Morgan fingerprint density at radius 2 is 1.64 bits per heavy atom. The minimum absolute atomic E-state index is 0.309. The van der Waals surface area contributed by atoms with Crippen molar-refractivity contribution in [2.45, 2.75) is 52.0 Å². The van der Waals surface area contributed by atoms with Gasteiger partial charge in [-0.3, -0.25) is 0 Å². The van der Waals surface area contributed by atoms with Crippen LogP contribution in [0.3, 0.4) is 0 Å². The summed E-state index contributed by atoms with van der Waals surface area (Å²) in [5, 5.41) is 0. The van der Waals surface area contributed by atoms with Crippen molar-refractivity contribution in [3.05, 3.63) is 48.0 Å². The van der Waals surface area contributed by atoms with E-state index in [1.807, 2.05) is 12.4 Å². The van der Waals surface area contributed by atoms with Gasteiger partial charge in [0, 0.05) is 18.9 Å². The highest BCUT2D eigenvalue weighted by atomic mass is 16.7. The van der Waals surface area contributed by atoms with Crippen LogP contribution >= 0.6 is 0 Å². The summed E-state index contributed by atoms with van der Waals surface area (Å²) < 4.78 is 14.4. The van der Waals surface area contributed by atoms with E-state index in [-0.39, 0.29) is 18.3 Å². The van der Waals surface area contributed by atoms with Crippen LogP contribution < -0.4 is 5.46 Å². The van der Waals surface area contributed by atoms with Gasteiger partial charge in [0.25, 0.3) is 0 Å². The topological polar surface area (TPSA) is 39.5 Å². The number of hydrogen-bond donors (Lipinski definition) is 0. The number of hydrogen-bond acceptors (Lipinski definition) is 4. The summed E-state index contributed by atoms with van der Waals surface area (Å²) in [4.78, 5) is 6.57. The molecule has 2 aromatic rings. The Morgan fingerprint density at radius 1 is 1.04 bits per heavy atom. The zero-order valence-electron chi connectivity index (χ0n) is 16.1. The fraction of sp³-hybridized carbons (Fsp3) is 0.526. The van der Waals surface area contributed by atoms with E-state index in [9.17, 15) is 0 Å². The molecule has 25 heavy (non-hydrogen) atoms. The molecule has 1 aromatic carbocycles. The number of aromatic nitrogens is 2. The molecule has 0 aliphatic carbocycles. The van der Waals surface area contributed by atoms with Crippen molar-refractivity contribution >= 4 is 12.6 Å². The molecule has 0 amide bonds. The van der Waals surface area contributed by atoms with Crippen LogP contribution in [-0.4, -0.2) is 46.9 Å². The van der Waals surface area contributed by atoms with Crippen molar-refractivity contribution in [3.63, 3.8) is 0 Å². The Labute approximate surface area is 151 Å². The average Bonchev–Trinajstić information content (AvgIpc) is 3.01. The van der Waals surface area contributed by atoms with Gasteiger partial charge in [-0.05, 0) is 52.8 Å². The van der Waals surface area contributed by atoms with Crippen molar-refractivity contribution in [3.8, 4) is 0 Å². The summed E-state index contributed by atoms with van der Waals surface area (Å²) in [6.07, 6.45) is 3.89. The van der Waals surface area contributed by atoms with Crippen LogP contribution in [0.2, 0.25) is 0 Å². The first kappa shape index (κ1) is 18.2. The molecule has 6 heteroatoms. The highest BCUT2D eigenvalue weighted by molar-refractivity contribution is 6.62. The number of imidazole rings is 1. The maximum Gasteiger partial charge on any atom is 0.494 e. The fourth-order valence-electron chi connectivity index (χ4n) is 2.87. The normalized spacial score (nSPS) is 18.9. The third-order valence-corrected chi connectivity index (χ3v) is 5.12. The second-order valence-corrected chi connectivity index (χ2v) is 8.04. The third-order valence-electron chi connectivity index (χ3n) is 5.12. The lowest BCUT2D eigenvalue weighted by Crippen LogP contribution is -2.41. The van der Waals surface area contributed by atoms with Crippen LogP contribution in [0.5, 0.6) is 0 Å². The van der Waals surface area contributed by atoms with Gasteiger partial charge in [0.2, 0.25) is 0 Å². The van der Waals surface area contributed by atoms with Gasteiger partial charge in [0.05, 0.1) is 17.7 Å². The molecule has 1 aliphatic rings. The second kappa shape index (κ2) is 6.59. The molecular weight excluding hydrogens is 313 g/mol. The van der Waals surface area contributed by atoms with Crippen LogP contribution in [0.25, 0.3) is 0 Å². The molecule has 0 radical (unpaired) electrons. The molecule has 1 aliphatic heterocycles. The Bertz CT molecular complexity index is 707. The zero-order valence-corrected chi connectivity index (χ0v) is 16.1. The number of benzene rings is 1. The number of nitrogens with zero attached hydrogens (tertiary/aromatic N) is 3. The molecule has 0 unspecified atom stereocenters. The molecule has 1 saturated heterocycles. The van der Waals surface area contributed by atoms with Gasteiger partial charge in [-0.25, -0.2) is 4.98 Å². The maximum absolute atomic E-state index is 6.12. The van der Waals surface area contributed by atoms with Crippen molar-refractivity contribution in [2.75, 3.05) is 14.1 Å². The Kier molecular flexibility index (Phi) is 4.79. The third kappa shape index (κ3) is 3.81. The molecule has 5 nitrogen and oxygen atoms in total. The van der Waals surface area contributed by atoms with Crippen molar-refractivity contribution in [1.29, 1.82) is 0 Å². The molecule has 0 bridgehead atoms. The molecule has 1 fully saturated rings. The molecule has 0 atom stereocenters. The van der Waals surface area contributed by atoms with E-state index in [2.05, 4.69) is 80.5 Å². The van der Waals surface area contributed by atoms with E-state index in [0.717, 1.165) is 24.4 Å². The van der Waals surface area contributed by atoms with Crippen LogP contribution in [-0.2, 0) is 22.4 Å². The summed E-state index contributed by atoms with van der Waals surface area (Å²) in [5.74, 6) is 1.07. The lowest BCUT2D eigenvalue weighted by molar-refractivity contribution is 0.00578. The predicted octanol–water partition coefficient (Wildman–Crippen LogP) is 2.29. The lowest BCUT2D eigenvalue weighted by Gasteiger charge is -2.32. The highest BCUT2D eigenvalue weighted by Gasteiger charge is 2.51. The van der Waals surface area contributed by atoms with Crippen LogP contribution in [0, 0.1) is 0 Å². The van der Waals surface area contributed by atoms with Crippen molar-refractivity contribution in [1.82, 2.24) is 14.5 Å². The minimum atomic E-state index is -0.311. The molecule has 0 saturated carbocycles. The van der Waals surface area contributed by atoms with E-state index in [4.69, 9.17) is 9.31 Å². The first-order valence-electron chi connectivity index (χ1n) is 8.77. The largest absolute Gasteiger partial charge is 0.494 e. The fourth-order valence-corrected chi connectivity index (χ4v) is 2.87. The molecule has 134 valence electrons. The van der Waals surface area contributed by atoms with Crippen LogP contribution in [0.15, 0.2) is 36.7 Å². The van der Waals surface area contributed by atoms with E-state index in [0.29, 0.717) is 0 Å². The molecule has 2 heterocycles. The first-order valence-corrected chi connectivity index (χ1v) is 8.77. The van der Waals surface area contributed by atoms with E-state index in [1.165, 1.54) is 5.56 Å². The highest BCUT2D eigenvalue weighted by Crippen LogP contribution is 2.36. The smallest absolute Gasteiger partial charge is 0.399 e. The van der Waals surface area contributed by atoms with Crippen molar-refractivity contribution in [2.24, 2.45) is 0 Å². The summed E-state index contributed by atoms with van der Waals surface area (Å²) in [6.45, 7) is 9.95. The summed E-state index contributed by atoms with van der Waals surface area (Å²) in [5.41, 5.74) is 1.67. The Hall–Kier alpha value is -1.63. The lowest BCUT2D eigenvalue weighted by atomic mass is 9.79. The maximum atomic E-state index is 6.12. The first-order chi connectivity index (χ1) is 11.7. The Morgan fingerprint density at radius 3 is 2.20 bits per heavy atom. The summed E-state index contributed by atoms with van der Waals surface area (Å²) >= 11 is 0. The van der Waals surface area contributed by atoms with E-state index in [1.54, 1.807) is 0 Å². The van der Waals surface area contributed by atoms with E-state index >= 15 is 0 Å². The number of rotatable bonds is 5. The van der Waals surface area contributed by atoms with Gasteiger partial charge in [-0.15, -0.1) is 0 Å². The second-order valence-electron chi connectivity index (χ2n) is 8.04. The SMILES string of the molecule is CN(C)Cc1nccn1Cc1ccc(B2OC(C)(C)C(C)(C)O2)cc1. The zero-order chi connectivity index (χ0) is 18.2. The van der Waals surface area contributed by atoms with Crippen molar-refractivity contribution < 1.29 is 9.31 Å². The average molecular weight is 341 g/mol. The van der Waals surface area contributed by atoms with Gasteiger partial charge in [-0.1, -0.05) is 24.3 Å². The molecule has 0 N–H and O–H groups in total.